The van der Waals surface area contributed by atoms with Crippen molar-refractivity contribution in [2.24, 2.45) is 0 Å². The van der Waals surface area contributed by atoms with Gasteiger partial charge in [0, 0.05) is 30.6 Å². The van der Waals surface area contributed by atoms with Crippen molar-refractivity contribution < 1.29 is 9.53 Å². The summed E-state index contributed by atoms with van der Waals surface area (Å²) in [6.45, 7) is 3.43. The molecule has 5 heteroatoms. The molecule has 2 atom stereocenters. The molecule has 0 bridgehead atoms. The molecule has 0 radical (unpaired) electrons. The van der Waals surface area contributed by atoms with E-state index >= 15 is 0 Å². The lowest BCUT2D eigenvalue weighted by Gasteiger charge is -2.33. The Labute approximate surface area is 135 Å². The maximum atomic E-state index is 12.4. The van der Waals surface area contributed by atoms with Crippen LogP contribution in [0.15, 0.2) is 29.2 Å². The number of amides is 1. The van der Waals surface area contributed by atoms with Gasteiger partial charge >= 0.3 is 0 Å². The Hall–Kier alpha value is -1.04. The van der Waals surface area contributed by atoms with Gasteiger partial charge in [0.05, 0.1) is 18.0 Å². The summed E-state index contributed by atoms with van der Waals surface area (Å²) in [6.07, 6.45) is 3.64. The average Bonchev–Trinajstić information content (AvgIpc) is 3.31. The maximum Gasteiger partial charge on any atom is 0.233 e. The molecule has 4 rings (SSSR count). The third kappa shape index (κ3) is 3.16. The fourth-order valence-electron chi connectivity index (χ4n) is 3.29. The molecule has 0 spiro atoms. The molecule has 2 fully saturated rings. The van der Waals surface area contributed by atoms with Gasteiger partial charge in [-0.15, -0.1) is 11.8 Å². The number of carbonyl (C=O) groups is 1. The van der Waals surface area contributed by atoms with Gasteiger partial charge in [-0.3, -0.25) is 9.69 Å². The van der Waals surface area contributed by atoms with Crippen molar-refractivity contribution >= 4 is 17.7 Å². The van der Waals surface area contributed by atoms with E-state index < -0.39 is 0 Å². The maximum absolute atomic E-state index is 12.4. The lowest BCUT2D eigenvalue weighted by molar-refractivity contribution is -0.121. The normalized spacial score (nSPS) is 28.4. The number of nitrogens with one attached hydrogen (secondary N) is 1. The summed E-state index contributed by atoms with van der Waals surface area (Å²) in [5, 5.41) is 3.11. The van der Waals surface area contributed by atoms with Crippen LogP contribution in [0.25, 0.3) is 0 Å². The SMILES string of the molecule is O=C(NCC1CN(C2CC2)CCO1)C1Cc2ccccc2S1. The smallest absolute Gasteiger partial charge is 0.233 e. The van der Waals surface area contributed by atoms with Gasteiger partial charge in [-0.05, 0) is 30.9 Å². The predicted molar refractivity (Wildman–Crippen MR) is 87.1 cm³/mol. The van der Waals surface area contributed by atoms with Crippen molar-refractivity contribution in [3.05, 3.63) is 29.8 Å². The van der Waals surface area contributed by atoms with Crippen LogP contribution in [0.4, 0.5) is 0 Å². The van der Waals surface area contributed by atoms with Gasteiger partial charge in [0.1, 0.15) is 0 Å². The molecule has 2 aliphatic heterocycles. The summed E-state index contributed by atoms with van der Waals surface area (Å²) in [4.78, 5) is 16.1. The average molecular weight is 318 g/mol. The number of ether oxygens (including phenoxy) is 1. The molecule has 1 amide bonds. The number of thioether (sulfide) groups is 1. The molecule has 1 saturated heterocycles. The van der Waals surface area contributed by atoms with Gasteiger partial charge in [0.2, 0.25) is 5.91 Å². The highest BCUT2D eigenvalue weighted by Crippen LogP contribution is 2.36. The fraction of sp³-hybridized carbons (Fsp3) is 0.588. The molecule has 1 aromatic carbocycles. The summed E-state index contributed by atoms with van der Waals surface area (Å²) in [7, 11) is 0. The highest BCUT2D eigenvalue weighted by Gasteiger charge is 2.33. The zero-order valence-electron chi connectivity index (χ0n) is 12.7. The van der Waals surface area contributed by atoms with E-state index in [0.29, 0.717) is 6.54 Å². The van der Waals surface area contributed by atoms with E-state index in [1.807, 2.05) is 12.1 Å². The fourth-order valence-corrected chi connectivity index (χ4v) is 4.51. The molecule has 22 heavy (non-hydrogen) atoms. The van der Waals surface area contributed by atoms with Crippen LogP contribution in [0.2, 0.25) is 0 Å². The van der Waals surface area contributed by atoms with E-state index in [1.54, 1.807) is 11.8 Å². The third-order valence-electron chi connectivity index (χ3n) is 4.68. The highest BCUT2D eigenvalue weighted by atomic mass is 32.2. The molecule has 2 heterocycles. The van der Waals surface area contributed by atoms with Crippen LogP contribution < -0.4 is 5.32 Å². The number of rotatable bonds is 4. The second-order valence-corrected chi connectivity index (χ2v) is 7.63. The van der Waals surface area contributed by atoms with E-state index in [0.717, 1.165) is 32.2 Å². The van der Waals surface area contributed by atoms with Crippen LogP contribution in [-0.4, -0.2) is 54.4 Å². The van der Waals surface area contributed by atoms with Crippen molar-refractivity contribution in [1.29, 1.82) is 0 Å². The lowest BCUT2D eigenvalue weighted by atomic mass is 10.1. The lowest BCUT2D eigenvalue weighted by Crippen LogP contribution is -2.49. The van der Waals surface area contributed by atoms with E-state index in [9.17, 15) is 4.79 Å². The van der Waals surface area contributed by atoms with Crippen LogP contribution in [-0.2, 0) is 16.0 Å². The van der Waals surface area contributed by atoms with E-state index in [-0.39, 0.29) is 17.3 Å². The summed E-state index contributed by atoms with van der Waals surface area (Å²) < 4.78 is 5.80. The van der Waals surface area contributed by atoms with Gasteiger partial charge in [0.15, 0.2) is 0 Å². The zero-order valence-corrected chi connectivity index (χ0v) is 13.5. The van der Waals surface area contributed by atoms with Crippen LogP contribution in [0.1, 0.15) is 18.4 Å². The topological polar surface area (TPSA) is 41.6 Å². The van der Waals surface area contributed by atoms with Crippen molar-refractivity contribution in [2.45, 2.75) is 41.6 Å². The molecule has 1 aromatic rings. The molecule has 1 aliphatic carbocycles. The second-order valence-electron chi connectivity index (χ2n) is 6.38. The number of carbonyl (C=O) groups excluding carboxylic acids is 1. The minimum absolute atomic E-state index is 0.0144. The van der Waals surface area contributed by atoms with Crippen LogP contribution in [0, 0.1) is 0 Å². The Morgan fingerprint density at radius 3 is 3.05 bits per heavy atom. The molecular formula is C17H22N2O2S. The highest BCUT2D eigenvalue weighted by molar-refractivity contribution is 8.01. The van der Waals surface area contributed by atoms with Gasteiger partial charge in [-0.2, -0.15) is 0 Å². The molecule has 118 valence electrons. The first-order valence-electron chi connectivity index (χ1n) is 8.17. The summed E-state index contributed by atoms with van der Waals surface area (Å²) in [5.41, 5.74) is 1.29. The molecule has 1 saturated carbocycles. The predicted octanol–water partition coefficient (Wildman–Crippen LogP) is 1.68. The van der Waals surface area contributed by atoms with Crippen LogP contribution in [0.5, 0.6) is 0 Å². The zero-order chi connectivity index (χ0) is 14.9. The third-order valence-corrected chi connectivity index (χ3v) is 5.99. The van der Waals surface area contributed by atoms with Crippen molar-refractivity contribution in [3.8, 4) is 0 Å². The first-order valence-corrected chi connectivity index (χ1v) is 9.05. The number of morpholine rings is 1. The Kier molecular flexibility index (Phi) is 4.11. The summed E-state index contributed by atoms with van der Waals surface area (Å²) in [6, 6.07) is 9.08. The standard InChI is InChI=1S/C17H22N2O2S/c20-17(16-9-12-3-1-2-4-15(12)22-16)18-10-14-11-19(7-8-21-14)13-5-6-13/h1-4,13-14,16H,5-11H2,(H,18,20). The molecule has 0 aromatic heterocycles. The first-order chi connectivity index (χ1) is 10.8. The Morgan fingerprint density at radius 1 is 1.36 bits per heavy atom. The van der Waals surface area contributed by atoms with Crippen molar-refractivity contribution in [2.75, 3.05) is 26.2 Å². The second kappa shape index (κ2) is 6.22. The molecule has 3 aliphatic rings. The van der Waals surface area contributed by atoms with Crippen molar-refractivity contribution in [3.63, 3.8) is 0 Å². The number of fused-ring (bicyclic) bond motifs is 1. The van der Waals surface area contributed by atoms with Gasteiger partial charge < -0.3 is 10.1 Å². The van der Waals surface area contributed by atoms with Crippen LogP contribution in [0.3, 0.4) is 0 Å². The monoisotopic (exact) mass is 318 g/mol. The Morgan fingerprint density at radius 2 is 2.23 bits per heavy atom. The number of benzene rings is 1. The minimum atomic E-state index is 0.0144. The largest absolute Gasteiger partial charge is 0.374 e. The molecule has 1 N–H and O–H groups in total. The quantitative estimate of drug-likeness (QED) is 0.917. The minimum Gasteiger partial charge on any atom is -0.374 e. The summed E-state index contributed by atoms with van der Waals surface area (Å²) >= 11 is 1.68. The first kappa shape index (κ1) is 14.5. The van der Waals surface area contributed by atoms with E-state index in [4.69, 9.17) is 4.74 Å². The van der Waals surface area contributed by atoms with Gasteiger partial charge in [0.25, 0.3) is 0 Å². The number of nitrogens with zero attached hydrogens (tertiary/aromatic N) is 1. The molecule has 4 nitrogen and oxygen atoms in total. The molecular weight excluding hydrogens is 296 g/mol. The summed E-state index contributed by atoms with van der Waals surface area (Å²) in [5.74, 6) is 0.147. The van der Waals surface area contributed by atoms with Crippen LogP contribution >= 0.6 is 11.8 Å². The van der Waals surface area contributed by atoms with Gasteiger partial charge in [-0.1, -0.05) is 18.2 Å². The van der Waals surface area contributed by atoms with E-state index in [1.165, 1.54) is 23.3 Å². The molecule has 2 unspecified atom stereocenters. The number of hydrogen-bond acceptors (Lipinski definition) is 4. The Bertz CT molecular complexity index is 536. The van der Waals surface area contributed by atoms with Crippen molar-refractivity contribution in [1.82, 2.24) is 10.2 Å². The number of hydrogen-bond donors (Lipinski definition) is 1. The van der Waals surface area contributed by atoms with E-state index in [2.05, 4.69) is 22.3 Å². The Balaban J connectivity index is 1.26. The van der Waals surface area contributed by atoms with Gasteiger partial charge in [-0.25, -0.2) is 0 Å².